The molecular weight excluding hydrogens is 259 g/mol. The van der Waals surface area contributed by atoms with E-state index in [9.17, 15) is 18.0 Å². The van der Waals surface area contributed by atoms with Crippen LogP contribution < -0.4 is 0 Å². The first-order valence-electron chi connectivity index (χ1n) is 6.06. The molecular formula is C13H18F3NO2. The first-order valence-corrected chi connectivity index (χ1v) is 6.06. The third-order valence-corrected chi connectivity index (χ3v) is 3.12. The third kappa shape index (κ3) is 3.59. The van der Waals surface area contributed by atoms with Gasteiger partial charge in [-0.15, -0.1) is 0 Å². The SMILES string of the molecule is CCn1c(C)cc(C(=O)COC(C)C(F)(F)F)c1C. The molecule has 0 aliphatic heterocycles. The Morgan fingerprint density at radius 2 is 2.00 bits per heavy atom. The van der Waals surface area contributed by atoms with Crippen molar-refractivity contribution < 1.29 is 22.7 Å². The summed E-state index contributed by atoms with van der Waals surface area (Å²) in [5.41, 5.74) is 2.09. The quantitative estimate of drug-likeness (QED) is 0.773. The number of hydrogen-bond acceptors (Lipinski definition) is 2. The molecule has 1 aromatic rings. The van der Waals surface area contributed by atoms with Crippen LogP contribution in [0.1, 0.15) is 35.6 Å². The van der Waals surface area contributed by atoms with Gasteiger partial charge in [-0.2, -0.15) is 13.2 Å². The Balaban J connectivity index is 2.75. The monoisotopic (exact) mass is 277 g/mol. The van der Waals surface area contributed by atoms with E-state index in [2.05, 4.69) is 4.74 Å². The molecule has 6 heteroatoms. The summed E-state index contributed by atoms with van der Waals surface area (Å²) < 4.78 is 43.3. The molecule has 108 valence electrons. The van der Waals surface area contributed by atoms with Gasteiger partial charge in [0.25, 0.3) is 0 Å². The second-order valence-electron chi connectivity index (χ2n) is 4.45. The fourth-order valence-corrected chi connectivity index (χ4v) is 1.94. The fraction of sp³-hybridized carbons (Fsp3) is 0.615. The number of ketones is 1. The topological polar surface area (TPSA) is 31.2 Å². The molecule has 0 saturated heterocycles. The Morgan fingerprint density at radius 3 is 2.42 bits per heavy atom. The van der Waals surface area contributed by atoms with Gasteiger partial charge >= 0.3 is 6.18 Å². The standard InChI is InChI=1S/C13H18F3NO2/c1-5-17-8(2)6-11(9(17)3)12(18)7-19-10(4)13(14,15)16/h6,10H,5,7H2,1-4H3. The predicted octanol–water partition coefficient (Wildman–Crippen LogP) is 3.27. The third-order valence-electron chi connectivity index (χ3n) is 3.12. The first kappa shape index (κ1) is 15.8. The summed E-state index contributed by atoms with van der Waals surface area (Å²) in [7, 11) is 0. The highest BCUT2D eigenvalue weighted by Gasteiger charge is 2.37. The van der Waals surface area contributed by atoms with E-state index in [0.29, 0.717) is 12.1 Å². The first-order chi connectivity index (χ1) is 8.68. The molecule has 0 aromatic carbocycles. The fourth-order valence-electron chi connectivity index (χ4n) is 1.94. The van der Waals surface area contributed by atoms with E-state index >= 15 is 0 Å². The minimum atomic E-state index is -4.44. The molecule has 0 N–H and O–H groups in total. The second-order valence-corrected chi connectivity index (χ2v) is 4.45. The molecule has 3 nitrogen and oxygen atoms in total. The van der Waals surface area contributed by atoms with Gasteiger partial charge < -0.3 is 9.30 Å². The maximum Gasteiger partial charge on any atom is 0.414 e. The predicted molar refractivity (Wildman–Crippen MR) is 65.4 cm³/mol. The number of halogens is 3. The van der Waals surface area contributed by atoms with Crippen molar-refractivity contribution in [2.75, 3.05) is 6.61 Å². The molecule has 0 bridgehead atoms. The number of aromatic nitrogens is 1. The van der Waals surface area contributed by atoms with E-state index in [1.165, 1.54) is 0 Å². The summed E-state index contributed by atoms with van der Waals surface area (Å²) >= 11 is 0. The highest BCUT2D eigenvalue weighted by atomic mass is 19.4. The van der Waals surface area contributed by atoms with Gasteiger partial charge in [0.1, 0.15) is 6.61 Å². The number of ether oxygens (including phenoxy) is 1. The number of carbonyl (C=O) groups excluding carboxylic acids is 1. The van der Waals surface area contributed by atoms with Crippen LogP contribution in [0.5, 0.6) is 0 Å². The lowest BCUT2D eigenvalue weighted by molar-refractivity contribution is -0.210. The van der Waals surface area contributed by atoms with Crippen LogP contribution >= 0.6 is 0 Å². The largest absolute Gasteiger partial charge is 0.414 e. The Morgan fingerprint density at radius 1 is 1.42 bits per heavy atom. The summed E-state index contributed by atoms with van der Waals surface area (Å²) in [6.07, 6.45) is -6.38. The molecule has 1 heterocycles. The number of Topliss-reactive ketones (excluding diaryl/α,β-unsaturated/α-hetero) is 1. The summed E-state index contributed by atoms with van der Waals surface area (Å²) in [5, 5.41) is 0. The number of carbonyl (C=O) groups is 1. The lowest BCUT2D eigenvalue weighted by Crippen LogP contribution is -2.30. The van der Waals surface area contributed by atoms with Gasteiger partial charge in [-0.3, -0.25) is 4.79 Å². The van der Waals surface area contributed by atoms with E-state index in [1.807, 2.05) is 18.4 Å². The van der Waals surface area contributed by atoms with Crippen LogP contribution in [0.15, 0.2) is 6.07 Å². The van der Waals surface area contributed by atoms with Crippen molar-refractivity contribution in [2.45, 2.75) is 46.5 Å². The van der Waals surface area contributed by atoms with Crippen LogP contribution in [0.25, 0.3) is 0 Å². The van der Waals surface area contributed by atoms with Crippen molar-refractivity contribution in [3.8, 4) is 0 Å². The number of alkyl halides is 3. The molecule has 19 heavy (non-hydrogen) atoms. The minimum Gasteiger partial charge on any atom is -0.361 e. The van der Waals surface area contributed by atoms with Gasteiger partial charge in [0, 0.05) is 23.5 Å². The molecule has 1 rings (SSSR count). The molecule has 0 amide bonds. The van der Waals surface area contributed by atoms with Gasteiger partial charge in [0.15, 0.2) is 11.9 Å². The lowest BCUT2D eigenvalue weighted by atomic mass is 10.1. The summed E-state index contributed by atoms with van der Waals surface area (Å²) in [6, 6.07) is 1.68. The second kappa shape index (κ2) is 5.77. The van der Waals surface area contributed by atoms with E-state index in [0.717, 1.165) is 18.3 Å². The number of hydrogen-bond donors (Lipinski definition) is 0. The Kier molecular flexibility index (Phi) is 4.79. The lowest BCUT2D eigenvalue weighted by Gasteiger charge is -2.15. The molecule has 0 aliphatic rings. The highest BCUT2D eigenvalue weighted by molar-refractivity contribution is 5.98. The zero-order valence-corrected chi connectivity index (χ0v) is 11.5. The van der Waals surface area contributed by atoms with Gasteiger partial charge in [-0.25, -0.2) is 0 Å². The summed E-state index contributed by atoms with van der Waals surface area (Å²) in [6.45, 7) is 6.61. The van der Waals surface area contributed by atoms with Crippen LogP contribution in [-0.4, -0.2) is 29.2 Å². The van der Waals surface area contributed by atoms with Crippen LogP contribution in [-0.2, 0) is 11.3 Å². The van der Waals surface area contributed by atoms with E-state index < -0.39 is 24.7 Å². The van der Waals surface area contributed by atoms with Crippen molar-refractivity contribution in [1.82, 2.24) is 4.57 Å². The van der Waals surface area contributed by atoms with Crippen LogP contribution in [0.4, 0.5) is 13.2 Å². The number of aryl methyl sites for hydroxylation is 1. The van der Waals surface area contributed by atoms with Gasteiger partial charge in [0.2, 0.25) is 0 Å². The van der Waals surface area contributed by atoms with E-state index in [4.69, 9.17) is 0 Å². The van der Waals surface area contributed by atoms with Crippen molar-refractivity contribution in [3.63, 3.8) is 0 Å². The average molecular weight is 277 g/mol. The van der Waals surface area contributed by atoms with Crippen LogP contribution in [0.3, 0.4) is 0 Å². The normalized spacial score (nSPS) is 13.6. The Labute approximate surface area is 110 Å². The molecule has 1 atom stereocenters. The van der Waals surface area contributed by atoms with Gasteiger partial charge in [-0.05, 0) is 33.8 Å². The average Bonchev–Trinajstić information content (AvgIpc) is 2.59. The van der Waals surface area contributed by atoms with Crippen molar-refractivity contribution in [2.24, 2.45) is 0 Å². The molecule has 0 fully saturated rings. The molecule has 1 aromatic heterocycles. The molecule has 0 spiro atoms. The minimum absolute atomic E-state index is 0.425. The van der Waals surface area contributed by atoms with Crippen molar-refractivity contribution in [1.29, 1.82) is 0 Å². The number of nitrogens with zero attached hydrogens (tertiary/aromatic N) is 1. The van der Waals surface area contributed by atoms with E-state index in [1.54, 1.807) is 13.0 Å². The smallest absolute Gasteiger partial charge is 0.361 e. The molecule has 1 unspecified atom stereocenters. The Bertz CT molecular complexity index is 463. The molecule has 0 radical (unpaired) electrons. The highest BCUT2D eigenvalue weighted by Crippen LogP contribution is 2.23. The maximum absolute atomic E-state index is 12.3. The van der Waals surface area contributed by atoms with Crippen molar-refractivity contribution >= 4 is 5.78 Å². The maximum atomic E-state index is 12.3. The van der Waals surface area contributed by atoms with Gasteiger partial charge in [0.05, 0.1) is 0 Å². The van der Waals surface area contributed by atoms with Crippen LogP contribution in [0.2, 0.25) is 0 Å². The van der Waals surface area contributed by atoms with Crippen LogP contribution in [0, 0.1) is 13.8 Å². The van der Waals surface area contributed by atoms with Gasteiger partial charge in [-0.1, -0.05) is 0 Å². The Hall–Kier alpha value is -1.30. The van der Waals surface area contributed by atoms with Crippen molar-refractivity contribution in [3.05, 3.63) is 23.0 Å². The molecule has 0 saturated carbocycles. The summed E-state index contributed by atoms with van der Waals surface area (Å²) in [5.74, 6) is -0.427. The van der Waals surface area contributed by atoms with E-state index in [-0.39, 0.29) is 0 Å². The zero-order valence-electron chi connectivity index (χ0n) is 11.5. The summed E-state index contributed by atoms with van der Waals surface area (Å²) in [4.78, 5) is 11.9. The number of rotatable bonds is 5. The zero-order chi connectivity index (χ0) is 14.8. The molecule has 0 aliphatic carbocycles.